The Kier molecular flexibility index (Phi) is 19.0. The zero-order valence-corrected chi connectivity index (χ0v) is 38.0. The van der Waals surface area contributed by atoms with E-state index in [4.69, 9.17) is 14.2 Å². The van der Waals surface area contributed by atoms with Gasteiger partial charge in [-0.25, -0.2) is 4.79 Å². The van der Waals surface area contributed by atoms with Crippen LogP contribution in [-0.2, 0) is 38.2 Å². The van der Waals surface area contributed by atoms with Crippen LogP contribution in [0.15, 0.2) is 47.6 Å². The van der Waals surface area contributed by atoms with E-state index in [1.54, 1.807) is 53.0 Å². The van der Waals surface area contributed by atoms with E-state index in [0.717, 1.165) is 4.90 Å². The van der Waals surface area contributed by atoms with E-state index in [9.17, 15) is 49.5 Å². The van der Waals surface area contributed by atoms with E-state index in [2.05, 4.69) is 0 Å². The quantitative estimate of drug-likeness (QED) is 0.150. The second kappa shape index (κ2) is 23.0. The van der Waals surface area contributed by atoms with Gasteiger partial charge in [-0.15, -0.1) is 0 Å². The average Bonchev–Trinajstić information content (AvgIpc) is 3.73. The van der Waals surface area contributed by atoms with Crippen LogP contribution in [0.4, 0.5) is 0 Å². The lowest BCUT2D eigenvalue weighted by Gasteiger charge is -2.41. The number of ketones is 3. The number of hydrogen-bond donors (Lipinski definition) is 5. The number of methoxy groups -OCH3 is 1. The zero-order chi connectivity index (χ0) is 46.1. The van der Waals surface area contributed by atoms with E-state index in [0.29, 0.717) is 56.9 Å². The van der Waals surface area contributed by atoms with E-state index < -0.39 is 89.6 Å². The number of hydrogen-bond acceptors (Lipinski definition) is 13. The Hall–Kier alpha value is -3.37. The van der Waals surface area contributed by atoms with Crippen LogP contribution in [0.3, 0.4) is 0 Å². The highest BCUT2D eigenvalue weighted by molar-refractivity contribution is 6.39. The molecule has 1 aliphatic carbocycles. The summed E-state index contributed by atoms with van der Waals surface area (Å²) in [5, 5.41) is 55.2. The van der Waals surface area contributed by atoms with Gasteiger partial charge in [0.05, 0.1) is 24.4 Å². The molecule has 4 rings (SSSR count). The molecule has 348 valence electrons. The second-order valence-electron chi connectivity index (χ2n) is 18.8. The first kappa shape index (κ1) is 51.3. The van der Waals surface area contributed by atoms with Gasteiger partial charge in [-0.05, 0) is 101 Å². The molecule has 0 aromatic heterocycles. The molecule has 1 saturated carbocycles. The number of nitrogens with zero attached hydrogens (tertiary/aromatic N) is 1. The van der Waals surface area contributed by atoms with Gasteiger partial charge in [-0.2, -0.15) is 0 Å². The van der Waals surface area contributed by atoms with Crippen LogP contribution in [0.25, 0.3) is 0 Å². The van der Waals surface area contributed by atoms with Crippen LogP contribution in [0.1, 0.15) is 119 Å². The topological polar surface area (TPSA) is 217 Å². The second-order valence-corrected chi connectivity index (χ2v) is 18.8. The molecule has 1 amide bonds. The number of fused-ring (bicyclic) bond motifs is 3. The molecular weight excluding hydrogens is 799 g/mol. The highest BCUT2D eigenvalue weighted by Gasteiger charge is 2.53. The number of aliphatic hydroxyl groups is 5. The zero-order valence-electron chi connectivity index (χ0n) is 38.0. The molecule has 2 saturated heterocycles. The van der Waals surface area contributed by atoms with Crippen molar-refractivity contribution in [2.45, 2.75) is 174 Å². The number of allylic oxidation sites excluding steroid dienone is 6. The van der Waals surface area contributed by atoms with Gasteiger partial charge < -0.3 is 44.6 Å². The van der Waals surface area contributed by atoms with Crippen molar-refractivity contribution in [3.05, 3.63) is 47.6 Å². The van der Waals surface area contributed by atoms with Gasteiger partial charge in [0, 0.05) is 44.2 Å². The SMILES string of the molecule is CO[C@H]1CC(C[C@@H](C)[C@@H]2CC(=O)[C@H](C)/C=C(/C)[C@@H](O)[C@@H](O)C(=O)[C@H](C)C[C@H](C)\C=C/C=C/C=C(\C)[C@@H](O)C[C@@H]3CC[C@@H](C)[C@@](O)(O3)C(=O)C(=O)N3CCC[C@H]3C(=O)O2)CC[C@@H]1O. The highest BCUT2D eigenvalue weighted by atomic mass is 16.6. The Morgan fingerprint density at radius 1 is 0.871 bits per heavy atom. The van der Waals surface area contributed by atoms with Crippen molar-refractivity contribution in [1.82, 2.24) is 4.90 Å². The van der Waals surface area contributed by atoms with Crippen LogP contribution in [0.2, 0.25) is 0 Å². The molecule has 15 atom stereocenters. The number of carbonyl (C=O) groups is 5. The van der Waals surface area contributed by atoms with E-state index >= 15 is 0 Å². The Labute approximate surface area is 367 Å². The first-order valence-corrected chi connectivity index (χ1v) is 22.7. The summed E-state index contributed by atoms with van der Waals surface area (Å²) in [7, 11) is 1.55. The van der Waals surface area contributed by atoms with Crippen molar-refractivity contribution in [2.75, 3.05) is 13.7 Å². The van der Waals surface area contributed by atoms with Gasteiger partial charge in [0.25, 0.3) is 11.7 Å². The fourth-order valence-corrected chi connectivity index (χ4v) is 9.46. The lowest BCUT2D eigenvalue weighted by molar-refractivity contribution is -0.265. The molecule has 3 heterocycles. The summed E-state index contributed by atoms with van der Waals surface area (Å²) in [5.41, 5.74) is 0.839. The first-order chi connectivity index (χ1) is 29.2. The fraction of sp³-hybridized carbons (Fsp3) is 0.729. The summed E-state index contributed by atoms with van der Waals surface area (Å²) in [6.45, 7) is 12.1. The summed E-state index contributed by atoms with van der Waals surface area (Å²) < 4.78 is 17.6. The summed E-state index contributed by atoms with van der Waals surface area (Å²) in [6.07, 6.45) is 7.50. The minimum atomic E-state index is -2.48. The summed E-state index contributed by atoms with van der Waals surface area (Å²) >= 11 is 0. The van der Waals surface area contributed by atoms with Crippen LogP contribution in [-0.4, -0.2) is 128 Å². The summed E-state index contributed by atoms with van der Waals surface area (Å²) in [5.74, 6) is -8.88. The normalized spacial score (nSPS) is 41.6. The molecule has 3 aliphatic heterocycles. The summed E-state index contributed by atoms with van der Waals surface area (Å²) in [4.78, 5) is 70.3. The smallest absolute Gasteiger partial charge is 0.329 e. The number of aliphatic hydroxyl groups excluding tert-OH is 4. The maximum Gasteiger partial charge on any atom is 0.329 e. The van der Waals surface area contributed by atoms with Crippen molar-refractivity contribution in [3.8, 4) is 0 Å². The van der Waals surface area contributed by atoms with E-state index in [1.165, 1.54) is 13.0 Å². The van der Waals surface area contributed by atoms with Crippen LogP contribution >= 0.6 is 0 Å². The summed E-state index contributed by atoms with van der Waals surface area (Å²) in [6, 6.07) is -1.16. The third kappa shape index (κ3) is 13.1. The van der Waals surface area contributed by atoms with E-state index in [-0.39, 0.29) is 61.0 Å². The number of carbonyl (C=O) groups excluding carboxylic acids is 5. The molecule has 62 heavy (non-hydrogen) atoms. The predicted octanol–water partition coefficient (Wildman–Crippen LogP) is 4.48. The molecule has 0 spiro atoms. The Bertz CT molecular complexity index is 1700. The number of ether oxygens (including phenoxy) is 3. The molecular formula is C48H73NO13. The van der Waals surface area contributed by atoms with Crippen LogP contribution < -0.4 is 0 Å². The Balaban J connectivity index is 1.65. The van der Waals surface area contributed by atoms with Crippen molar-refractivity contribution < 1.29 is 63.7 Å². The van der Waals surface area contributed by atoms with Gasteiger partial charge in [0.2, 0.25) is 5.79 Å². The number of amides is 1. The fourth-order valence-electron chi connectivity index (χ4n) is 9.46. The standard InChI is InChI=1S/C48H73NO13/c1-27-13-10-9-11-14-28(2)38(51)25-35-18-16-33(7)48(59,62-35)45(56)46(57)49-20-12-15-36(49)47(58)61-40(30(4)23-34-17-19-37(50)41(24-34)60-8)26-39(52)29(3)22-32(6)43(54)44(55)42(53)31(5)21-27/h9-11,13-14,22,27,29-31,33-38,40-41,43-44,50-51,54-55,59H,12,15-21,23-26H2,1-8H3/b11-9+,13-10-,28-14+,32-22-/t27-,29-,30-,31-,33-,34?,35+,36+,37+,38+,40+,41+,43-,44+,48-/m1/s1. The van der Waals surface area contributed by atoms with E-state index in [1.807, 2.05) is 26.0 Å². The number of esters is 1. The molecule has 1 unspecified atom stereocenters. The number of cyclic esters (lactones) is 1. The highest BCUT2D eigenvalue weighted by Crippen LogP contribution is 2.37. The lowest BCUT2D eigenvalue weighted by Crippen LogP contribution is -2.59. The molecule has 3 fully saturated rings. The molecule has 5 N–H and O–H groups in total. The first-order valence-electron chi connectivity index (χ1n) is 22.7. The molecule has 4 aliphatic rings. The maximum atomic E-state index is 14.1. The van der Waals surface area contributed by atoms with Crippen molar-refractivity contribution in [3.63, 3.8) is 0 Å². The van der Waals surface area contributed by atoms with Crippen molar-refractivity contribution in [1.29, 1.82) is 0 Å². The van der Waals surface area contributed by atoms with Crippen LogP contribution in [0.5, 0.6) is 0 Å². The minimum Gasteiger partial charge on any atom is -0.460 e. The Morgan fingerprint density at radius 2 is 1.58 bits per heavy atom. The van der Waals surface area contributed by atoms with Gasteiger partial charge in [-0.1, -0.05) is 71.1 Å². The Morgan fingerprint density at radius 3 is 2.27 bits per heavy atom. The van der Waals surface area contributed by atoms with Gasteiger partial charge >= 0.3 is 5.97 Å². The lowest BCUT2D eigenvalue weighted by atomic mass is 9.78. The minimum absolute atomic E-state index is 0.0566. The van der Waals surface area contributed by atoms with Crippen molar-refractivity contribution >= 4 is 29.2 Å². The van der Waals surface area contributed by atoms with Gasteiger partial charge in [0.1, 0.15) is 30.1 Å². The van der Waals surface area contributed by atoms with Gasteiger partial charge in [0.15, 0.2) is 5.78 Å². The predicted molar refractivity (Wildman–Crippen MR) is 231 cm³/mol. The molecule has 14 heteroatoms. The van der Waals surface area contributed by atoms with Gasteiger partial charge in [-0.3, -0.25) is 19.2 Å². The third-order valence-corrected chi connectivity index (χ3v) is 13.7. The maximum absolute atomic E-state index is 14.1. The molecule has 2 bridgehead atoms. The van der Waals surface area contributed by atoms with Crippen LogP contribution in [0, 0.1) is 35.5 Å². The van der Waals surface area contributed by atoms with Crippen molar-refractivity contribution in [2.24, 2.45) is 35.5 Å². The largest absolute Gasteiger partial charge is 0.460 e. The molecule has 0 aromatic carbocycles. The third-order valence-electron chi connectivity index (χ3n) is 13.7. The average molecular weight is 872 g/mol. The number of Topliss-reactive ketones (excluding diaryl/α,β-unsaturated/α-hetero) is 3. The molecule has 0 radical (unpaired) electrons. The molecule has 0 aromatic rings. The molecule has 14 nitrogen and oxygen atoms in total. The number of rotatable bonds is 4. The monoisotopic (exact) mass is 872 g/mol.